The number of aryl methyl sites for hydroxylation is 1. The molecule has 1 aromatic rings. The van der Waals surface area contributed by atoms with E-state index in [9.17, 15) is 8.76 Å². The quantitative estimate of drug-likeness (QED) is 0.610. The summed E-state index contributed by atoms with van der Waals surface area (Å²) in [6.07, 6.45) is 1.64. The molecular weight excluding hydrogens is 168 g/mol. The molecule has 1 unspecified atom stereocenters. The normalized spacial score (nSPS) is 12.9. The van der Waals surface area contributed by atoms with Crippen molar-refractivity contribution in [3.63, 3.8) is 0 Å². The Morgan fingerprint density at radius 1 is 1.91 bits per heavy atom. The number of aromatic nitrogens is 2. The van der Waals surface area contributed by atoms with E-state index in [0.717, 1.165) is 0 Å². The Morgan fingerprint density at radius 3 is 3.09 bits per heavy atom. The van der Waals surface area contributed by atoms with E-state index >= 15 is 0 Å². The van der Waals surface area contributed by atoms with Gasteiger partial charge < -0.3 is 8.74 Å². The molecule has 0 fully saturated rings. The van der Waals surface area contributed by atoms with Crippen LogP contribution in [0.1, 0.15) is 6.92 Å². The topological polar surface area (TPSA) is 67.2 Å². The van der Waals surface area contributed by atoms with E-state index < -0.39 is 11.4 Å². The van der Waals surface area contributed by atoms with Crippen LogP contribution in [0.25, 0.3) is 0 Å². The summed E-state index contributed by atoms with van der Waals surface area (Å²) in [5.74, 6) is 0.0974. The zero-order chi connectivity index (χ0) is 8.27. The zero-order valence-corrected chi connectivity index (χ0v) is 6.71. The maximum atomic E-state index is 9.99. The summed E-state index contributed by atoms with van der Waals surface area (Å²) in [6, 6.07) is 1.49. The van der Waals surface area contributed by atoms with Crippen molar-refractivity contribution in [3.8, 4) is 5.88 Å². The van der Waals surface area contributed by atoms with Crippen molar-refractivity contribution in [2.45, 2.75) is 13.5 Å². The molecule has 0 saturated carbocycles. The van der Waals surface area contributed by atoms with Crippen LogP contribution >= 0.6 is 0 Å². The van der Waals surface area contributed by atoms with Crippen molar-refractivity contribution in [2.24, 2.45) is 0 Å². The molecular formula is C5H7N2O3S-. The summed E-state index contributed by atoms with van der Waals surface area (Å²) >= 11 is -2.53. The Morgan fingerprint density at radius 2 is 2.64 bits per heavy atom. The molecule has 11 heavy (non-hydrogen) atoms. The van der Waals surface area contributed by atoms with E-state index in [2.05, 4.69) is 9.28 Å². The highest BCUT2D eigenvalue weighted by atomic mass is 32.2. The SMILES string of the molecule is CCn1ccc(OS(=O)[O-])n1. The molecule has 62 valence electrons. The monoisotopic (exact) mass is 175 g/mol. The first-order valence-corrected chi connectivity index (χ1v) is 4.03. The fourth-order valence-electron chi connectivity index (χ4n) is 0.633. The van der Waals surface area contributed by atoms with Gasteiger partial charge in [-0.25, -0.2) is 4.21 Å². The summed E-state index contributed by atoms with van der Waals surface area (Å²) in [5.41, 5.74) is 0. The molecule has 5 nitrogen and oxygen atoms in total. The molecule has 0 aromatic carbocycles. The third-order valence-electron chi connectivity index (χ3n) is 1.09. The molecule has 1 aromatic heterocycles. The van der Waals surface area contributed by atoms with Gasteiger partial charge in [-0.05, 0) is 6.92 Å². The van der Waals surface area contributed by atoms with Crippen LogP contribution in [0.4, 0.5) is 0 Å². The third-order valence-corrected chi connectivity index (χ3v) is 1.40. The molecule has 0 aliphatic carbocycles. The summed E-state index contributed by atoms with van der Waals surface area (Å²) in [4.78, 5) is 0. The predicted octanol–water partition coefficient (Wildman–Crippen LogP) is 0.0759. The average Bonchev–Trinajstić information content (AvgIpc) is 2.34. The van der Waals surface area contributed by atoms with Crippen LogP contribution in [-0.4, -0.2) is 18.5 Å². The number of hydrogen-bond donors (Lipinski definition) is 0. The van der Waals surface area contributed by atoms with E-state index in [1.807, 2.05) is 6.92 Å². The van der Waals surface area contributed by atoms with Gasteiger partial charge in [-0.2, -0.15) is 0 Å². The Hall–Kier alpha value is -0.880. The Labute approximate surface area is 66.5 Å². The van der Waals surface area contributed by atoms with Crippen LogP contribution in [0.15, 0.2) is 12.3 Å². The van der Waals surface area contributed by atoms with E-state index in [1.165, 1.54) is 6.07 Å². The van der Waals surface area contributed by atoms with Crippen LogP contribution in [0.3, 0.4) is 0 Å². The van der Waals surface area contributed by atoms with Crippen LogP contribution in [0, 0.1) is 0 Å². The van der Waals surface area contributed by atoms with Gasteiger partial charge in [0.15, 0.2) is 0 Å². The largest absolute Gasteiger partial charge is 0.740 e. The van der Waals surface area contributed by atoms with Crippen molar-refractivity contribution in [1.29, 1.82) is 0 Å². The smallest absolute Gasteiger partial charge is 0.248 e. The first-order valence-electron chi connectivity index (χ1n) is 3.03. The molecule has 1 atom stereocenters. The minimum absolute atomic E-state index is 0.0974. The second-order valence-electron chi connectivity index (χ2n) is 1.80. The molecule has 0 aliphatic heterocycles. The van der Waals surface area contributed by atoms with E-state index in [-0.39, 0.29) is 5.88 Å². The van der Waals surface area contributed by atoms with Crippen LogP contribution < -0.4 is 4.18 Å². The van der Waals surface area contributed by atoms with Crippen molar-refractivity contribution >= 4 is 11.4 Å². The van der Waals surface area contributed by atoms with Crippen molar-refractivity contribution in [1.82, 2.24) is 9.78 Å². The maximum Gasteiger partial charge on any atom is 0.248 e. The van der Waals surface area contributed by atoms with Crippen molar-refractivity contribution < 1.29 is 12.9 Å². The van der Waals surface area contributed by atoms with E-state index in [1.54, 1.807) is 10.9 Å². The maximum absolute atomic E-state index is 9.99. The summed E-state index contributed by atoms with van der Waals surface area (Å²) in [6.45, 7) is 2.58. The van der Waals surface area contributed by atoms with Gasteiger partial charge in [0.2, 0.25) is 5.88 Å². The van der Waals surface area contributed by atoms with Crippen LogP contribution in [-0.2, 0) is 17.9 Å². The first kappa shape index (κ1) is 8.22. The first-order chi connectivity index (χ1) is 5.22. The van der Waals surface area contributed by atoms with Gasteiger partial charge in [-0.1, -0.05) is 0 Å². The highest BCUT2D eigenvalue weighted by Crippen LogP contribution is 2.05. The minimum Gasteiger partial charge on any atom is -0.740 e. The van der Waals surface area contributed by atoms with Gasteiger partial charge in [-0.3, -0.25) is 4.68 Å². The zero-order valence-electron chi connectivity index (χ0n) is 5.89. The number of rotatable bonds is 3. The molecule has 6 heteroatoms. The Balaban J connectivity index is 2.65. The van der Waals surface area contributed by atoms with Crippen LogP contribution in [0.2, 0.25) is 0 Å². The van der Waals surface area contributed by atoms with Gasteiger partial charge in [-0.15, -0.1) is 5.10 Å². The number of hydrogen-bond acceptors (Lipinski definition) is 4. The van der Waals surface area contributed by atoms with E-state index in [4.69, 9.17) is 0 Å². The van der Waals surface area contributed by atoms with Crippen LogP contribution in [0.5, 0.6) is 5.88 Å². The molecule has 0 aliphatic rings. The van der Waals surface area contributed by atoms with Crippen molar-refractivity contribution in [2.75, 3.05) is 0 Å². The van der Waals surface area contributed by atoms with Gasteiger partial charge in [0.1, 0.15) is 11.4 Å². The lowest BCUT2D eigenvalue weighted by Crippen LogP contribution is -2.00. The number of nitrogens with zero attached hydrogens (tertiary/aromatic N) is 2. The minimum atomic E-state index is -2.53. The average molecular weight is 175 g/mol. The standard InChI is InChI=1S/C5H8N2O3S/c1-2-7-4-3-5(6-7)10-11(8)9/h3-4H,2H2,1H3,(H,8,9)/p-1. The second-order valence-corrected chi connectivity index (χ2v) is 2.37. The molecule has 1 rings (SSSR count). The fraction of sp³-hybridized carbons (Fsp3) is 0.400. The summed E-state index contributed by atoms with van der Waals surface area (Å²) < 4.78 is 25.8. The summed E-state index contributed by atoms with van der Waals surface area (Å²) in [7, 11) is 0. The highest BCUT2D eigenvalue weighted by molar-refractivity contribution is 7.74. The molecule has 0 amide bonds. The van der Waals surface area contributed by atoms with Gasteiger partial charge in [0, 0.05) is 18.8 Å². The Kier molecular flexibility index (Phi) is 2.61. The Bertz CT molecular complexity index is 260. The molecule has 1 heterocycles. The fourth-order valence-corrected chi connectivity index (χ4v) is 0.862. The highest BCUT2D eigenvalue weighted by Gasteiger charge is 1.96. The lowest BCUT2D eigenvalue weighted by atomic mass is 10.7. The van der Waals surface area contributed by atoms with Gasteiger partial charge in [0.25, 0.3) is 0 Å². The van der Waals surface area contributed by atoms with E-state index in [0.29, 0.717) is 6.54 Å². The molecule has 0 N–H and O–H groups in total. The molecule has 0 bridgehead atoms. The third kappa shape index (κ3) is 2.32. The molecule has 0 saturated heterocycles. The predicted molar refractivity (Wildman–Crippen MR) is 37.4 cm³/mol. The molecule has 0 radical (unpaired) electrons. The lowest BCUT2D eigenvalue weighted by molar-refractivity contribution is 0.428. The van der Waals surface area contributed by atoms with Gasteiger partial charge in [0.05, 0.1) is 0 Å². The van der Waals surface area contributed by atoms with Crippen molar-refractivity contribution in [3.05, 3.63) is 12.3 Å². The second kappa shape index (κ2) is 3.49. The lowest BCUT2D eigenvalue weighted by Gasteiger charge is -2.01. The molecule has 0 spiro atoms. The van der Waals surface area contributed by atoms with Gasteiger partial charge >= 0.3 is 0 Å². The summed E-state index contributed by atoms with van der Waals surface area (Å²) in [5, 5.41) is 3.77.